The summed E-state index contributed by atoms with van der Waals surface area (Å²) < 4.78 is 4.89. The molecule has 0 aliphatic rings. The number of para-hydroxylation sites is 3. The number of benzene rings is 9. The Bertz CT molecular complexity index is 3520. The fourth-order valence-electron chi connectivity index (χ4n) is 9.05. The summed E-state index contributed by atoms with van der Waals surface area (Å²) in [4.78, 5) is 10.4. The van der Waals surface area contributed by atoms with E-state index in [0.29, 0.717) is 5.82 Å². The average molecular weight is 713 g/mol. The first-order valence-electron chi connectivity index (χ1n) is 19.1. The molecule has 3 aromatic heterocycles. The summed E-state index contributed by atoms with van der Waals surface area (Å²) in [7, 11) is 0. The average Bonchev–Trinajstić information content (AvgIpc) is 3.77. The van der Waals surface area contributed by atoms with Crippen molar-refractivity contribution in [2.75, 3.05) is 0 Å². The Morgan fingerprint density at radius 3 is 1.86 bits per heavy atom. The summed E-state index contributed by atoms with van der Waals surface area (Å²) in [5.41, 5.74) is 10.9. The second-order valence-electron chi connectivity index (χ2n) is 14.5. The van der Waals surface area contributed by atoms with Crippen LogP contribution in [-0.4, -0.2) is 19.1 Å². The molecule has 56 heavy (non-hydrogen) atoms. The molecule has 0 radical (unpaired) electrons. The molecule has 0 saturated heterocycles. The van der Waals surface area contributed by atoms with Gasteiger partial charge in [0, 0.05) is 49.1 Å². The first-order valence-corrected chi connectivity index (χ1v) is 19.1. The quantitative estimate of drug-likeness (QED) is 0.182. The maximum absolute atomic E-state index is 5.28. The van der Waals surface area contributed by atoms with Crippen LogP contribution >= 0.6 is 0 Å². The van der Waals surface area contributed by atoms with E-state index in [1.807, 2.05) is 12.1 Å². The van der Waals surface area contributed by atoms with E-state index in [1.54, 1.807) is 0 Å². The highest BCUT2D eigenvalue weighted by Crippen LogP contribution is 2.43. The predicted molar refractivity (Wildman–Crippen MR) is 234 cm³/mol. The van der Waals surface area contributed by atoms with E-state index in [-0.39, 0.29) is 0 Å². The topological polar surface area (TPSA) is 35.6 Å². The standard InChI is InChI=1S/C52H32N4/c1-3-16-34(17-4-1)51-41-24-11-13-25-44(41)53-52(54-51)40-28-30-46(38-22-10-9-21-37(38)40)56-45-26-14-12-23-39(45)42-31-43-49(32-48(42)56)55(35-18-5-2-6-19-35)47-29-27-33-15-7-8-20-36(33)50(43)47/h1-32H. The van der Waals surface area contributed by atoms with Gasteiger partial charge in [0.15, 0.2) is 5.82 Å². The van der Waals surface area contributed by atoms with Gasteiger partial charge in [-0.05, 0) is 70.8 Å². The van der Waals surface area contributed by atoms with Gasteiger partial charge in [-0.25, -0.2) is 9.97 Å². The maximum Gasteiger partial charge on any atom is 0.161 e. The van der Waals surface area contributed by atoms with Gasteiger partial charge >= 0.3 is 0 Å². The van der Waals surface area contributed by atoms with Crippen LogP contribution in [0.25, 0.3) is 110 Å². The number of aromatic nitrogens is 4. The van der Waals surface area contributed by atoms with Crippen LogP contribution in [0.1, 0.15) is 0 Å². The van der Waals surface area contributed by atoms with Crippen LogP contribution < -0.4 is 0 Å². The molecule has 0 fully saturated rings. The van der Waals surface area contributed by atoms with Crippen LogP contribution in [0.15, 0.2) is 194 Å². The highest BCUT2D eigenvalue weighted by Gasteiger charge is 2.22. The van der Waals surface area contributed by atoms with E-state index in [1.165, 1.54) is 48.9 Å². The van der Waals surface area contributed by atoms with Gasteiger partial charge in [0.05, 0.1) is 39.0 Å². The maximum atomic E-state index is 5.28. The molecule has 12 rings (SSSR count). The fourth-order valence-corrected chi connectivity index (χ4v) is 9.05. The molecule has 0 N–H and O–H groups in total. The first-order chi connectivity index (χ1) is 27.8. The minimum absolute atomic E-state index is 0.717. The van der Waals surface area contributed by atoms with Crippen molar-refractivity contribution in [2.24, 2.45) is 0 Å². The SMILES string of the molecule is c1ccc(-c2nc(-c3ccc(-n4c5ccccc5c5cc6c7c8ccccc8ccc7n(-c7ccccc7)c6cc54)c4ccccc34)nc3ccccc23)cc1. The van der Waals surface area contributed by atoms with Crippen LogP contribution in [0.2, 0.25) is 0 Å². The summed E-state index contributed by atoms with van der Waals surface area (Å²) in [6, 6.07) is 69.6. The smallest absolute Gasteiger partial charge is 0.161 e. The molecular formula is C52H32N4. The minimum atomic E-state index is 0.717. The molecular weight excluding hydrogens is 681 g/mol. The van der Waals surface area contributed by atoms with Crippen molar-refractivity contribution in [2.45, 2.75) is 0 Å². The van der Waals surface area contributed by atoms with Crippen LogP contribution in [0.3, 0.4) is 0 Å². The summed E-state index contributed by atoms with van der Waals surface area (Å²) in [6.45, 7) is 0. The zero-order chi connectivity index (χ0) is 36.7. The lowest BCUT2D eigenvalue weighted by atomic mass is 10.0. The summed E-state index contributed by atoms with van der Waals surface area (Å²) >= 11 is 0. The van der Waals surface area contributed by atoms with E-state index < -0.39 is 0 Å². The molecule has 260 valence electrons. The van der Waals surface area contributed by atoms with Gasteiger partial charge in [0.2, 0.25) is 0 Å². The molecule has 4 nitrogen and oxygen atoms in total. The molecule has 0 aliphatic heterocycles. The van der Waals surface area contributed by atoms with E-state index in [9.17, 15) is 0 Å². The van der Waals surface area contributed by atoms with E-state index in [0.717, 1.165) is 55.4 Å². The Hall–Kier alpha value is -7.56. The lowest BCUT2D eigenvalue weighted by Crippen LogP contribution is -1.99. The third kappa shape index (κ3) is 4.47. The Labute approximate surface area is 322 Å². The van der Waals surface area contributed by atoms with Gasteiger partial charge in [-0.15, -0.1) is 0 Å². The molecule has 12 aromatic rings. The normalized spacial score (nSPS) is 11.9. The molecule has 4 heteroatoms. The van der Waals surface area contributed by atoms with E-state index in [4.69, 9.17) is 9.97 Å². The van der Waals surface area contributed by atoms with Gasteiger partial charge in [-0.3, -0.25) is 0 Å². The molecule has 3 heterocycles. The third-order valence-corrected chi connectivity index (χ3v) is 11.5. The summed E-state index contributed by atoms with van der Waals surface area (Å²) in [5, 5.41) is 10.8. The van der Waals surface area contributed by atoms with Crippen molar-refractivity contribution in [3.8, 4) is 34.0 Å². The second kappa shape index (κ2) is 12.0. The summed E-state index contributed by atoms with van der Waals surface area (Å²) in [6.07, 6.45) is 0. The van der Waals surface area contributed by atoms with Gasteiger partial charge in [0.1, 0.15) is 0 Å². The minimum Gasteiger partial charge on any atom is -0.309 e. The third-order valence-electron chi connectivity index (χ3n) is 11.5. The fraction of sp³-hybridized carbons (Fsp3) is 0. The lowest BCUT2D eigenvalue weighted by Gasteiger charge is -2.15. The van der Waals surface area contributed by atoms with Crippen LogP contribution in [0, 0.1) is 0 Å². The number of hydrogen-bond donors (Lipinski definition) is 0. The van der Waals surface area contributed by atoms with Crippen LogP contribution in [0.4, 0.5) is 0 Å². The zero-order valence-corrected chi connectivity index (χ0v) is 30.3. The van der Waals surface area contributed by atoms with Crippen LogP contribution in [-0.2, 0) is 0 Å². The molecule has 0 aliphatic carbocycles. The van der Waals surface area contributed by atoms with Crippen molar-refractivity contribution in [1.82, 2.24) is 19.1 Å². The van der Waals surface area contributed by atoms with Crippen molar-refractivity contribution in [3.63, 3.8) is 0 Å². The van der Waals surface area contributed by atoms with Crippen molar-refractivity contribution < 1.29 is 0 Å². The van der Waals surface area contributed by atoms with Crippen molar-refractivity contribution in [3.05, 3.63) is 194 Å². The summed E-state index contributed by atoms with van der Waals surface area (Å²) in [5.74, 6) is 0.717. The predicted octanol–water partition coefficient (Wildman–Crippen LogP) is 13.5. The monoisotopic (exact) mass is 712 g/mol. The second-order valence-corrected chi connectivity index (χ2v) is 14.5. The zero-order valence-electron chi connectivity index (χ0n) is 30.3. The molecule has 9 aromatic carbocycles. The number of nitrogens with zero attached hydrogens (tertiary/aromatic N) is 4. The molecule has 0 spiro atoms. The molecule has 0 amide bonds. The highest BCUT2D eigenvalue weighted by atomic mass is 15.0. The van der Waals surface area contributed by atoms with Gasteiger partial charge in [0.25, 0.3) is 0 Å². The Kier molecular flexibility index (Phi) is 6.60. The molecule has 0 unspecified atom stereocenters. The van der Waals surface area contributed by atoms with Crippen molar-refractivity contribution in [1.29, 1.82) is 0 Å². The van der Waals surface area contributed by atoms with E-state index in [2.05, 4.69) is 191 Å². The van der Waals surface area contributed by atoms with Gasteiger partial charge in [-0.1, -0.05) is 140 Å². The van der Waals surface area contributed by atoms with Gasteiger partial charge < -0.3 is 9.13 Å². The lowest BCUT2D eigenvalue weighted by molar-refractivity contribution is 1.17. The number of fused-ring (bicyclic) bond motifs is 10. The highest BCUT2D eigenvalue weighted by molar-refractivity contribution is 6.25. The van der Waals surface area contributed by atoms with Crippen molar-refractivity contribution >= 4 is 76.1 Å². The number of rotatable bonds is 4. The van der Waals surface area contributed by atoms with Crippen LogP contribution in [0.5, 0.6) is 0 Å². The van der Waals surface area contributed by atoms with E-state index >= 15 is 0 Å². The largest absolute Gasteiger partial charge is 0.309 e. The number of hydrogen-bond acceptors (Lipinski definition) is 2. The Balaban J connectivity index is 1.16. The Morgan fingerprint density at radius 1 is 0.357 bits per heavy atom. The van der Waals surface area contributed by atoms with Gasteiger partial charge in [-0.2, -0.15) is 0 Å². The molecule has 0 atom stereocenters. The first kappa shape index (κ1) is 30.9. The molecule has 0 saturated carbocycles. The molecule has 0 bridgehead atoms. The Morgan fingerprint density at radius 2 is 1.02 bits per heavy atom.